The first-order valence-corrected chi connectivity index (χ1v) is 10.5. The van der Waals surface area contributed by atoms with Crippen molar-refractivity contribution in [2.45, 2.75) is 25.6 Å². The molecule has 32 heavy (non-hydrogen) atoms. The fourth-order valence-corrected chi connectivity index (χ4v) is 4.20. The lowest BCUT2D eigenvalue weighted by molar-refractivity contribution is -0.0214. The molecule has 0 bridgehead atoms. The zero-order valence-corrected chi connectivity index (χ0v) is 17.7. The van der Waals surface area contributed by atoms with Gasteiger partial charge in [0, 0.05) is 17.5 Å². The van der Waals surface area contributed by atoms with Crippen LogP contribution in [0.4, 0.5) is 8.78 Å². The van der Waals surface area contributed by atoms with Crippen molar-refractivity contribution in [1.29, 1.82) is 0 Å². The van der Waals surface area contributed by atoms with Gasteiger partial charge in [0.2, 0.25) is 6.23 Å². The maximum Gasteiger partial charge on any atom is 0.214 e. The molecular weight excluding hydrogens is 414 g/mol. The molecule has 0 spiro atoms. The summed E-state index contributed by atoms with van der Waals surface area (Å²) in [6, 6.07) is 17.1. The molecule has 3 aromatic rings. The van der Waals surface area contributed by atoms with Crippen LogP contribution in [0.25, 0.3) is 0 Å². The van der Waals surface area contributed by atoms with Gasteiger partial charge in [-0.3, -0.25) is 0 Å². The van der Waals surface area contributed by atoms with E-state index in [1.807, 2.05) is 54.4 Å². The average Bonchev–Trinajstić information content (AvgIpc) is 3.27. The predicted molar refractivity (Wildman–Crippen MR) is 116 cm³/mol. The number of hydrogen-bond acceptors (Lipinski definition) is 5. The molecule has 7 heteroatoms. The van der Waals surface area contributed by atoms with Gasteiger partial charge in [-0.1, -0.05) is 18.2 Å². The Bertz CT molecular complexity index is 1180. The lowest BCUT2D eigenvalue weighted by atomic mass is 9.95. The molecule has 2 aliphatic rings. The topological polar surface area (TPSA) is 43.3 Å². The Hall–Kier alpha value is -3.61. The summed E-state index contributed by atoms with van der Waals surface area (Å²) in [4.78, 5) is 0. The molecule has 0 N–H and O–H groups in total. The van der Waals surface area contributed by atoms with Crippen LogP contribution in [0.1, 0.15) is 42.3 Å². The van der Waals surface area contributed by atoms with Crippen molar-refractivity contribution in [3.63, 3.8) is 0 Å². The highest BCUT2D eigenvalue weighted by molar-refractivity contribution is 6.02. The molecule has 2 atom stereocenters. The van der Waals surface area contributed by atoms with Gasteiger partial charge in [-0.2, -0.15) is 5.10 Å². The number of hydrogen-bond donors (Lipinski definition) is 0. The zero-order valence-electron chi connectivity index (χ0n) is 17.7. The second-order valence-corrected chi connectivity index (χ2v) is 7.63. The number of para-hydroxylation sites is 1. The third-order valence-corrected chi connectivity index (χ3v) is 5.73. The number of halogens is 2. The highest BCUT2D eigenvalue weighted by Gasteiger charge is 2.42. The molecule has 0 saturated heterocycles. The van der Waals surface area contributed by atoms with Crippen molar-refractivity contribution in [1.82, 2.24) is 5.01 Å². The molecule has 0 fully saturated rings. The molecule has 0 amide bonds. The minimum Gasteiger partial charge on any atom is -0.497 e. The maximum atomic E-state index is 14.1. The van der Waals surface area contributed by atoms with Crippen molar-refractivity contribution >= 4 is 5.71 Å². The van der Waals surface area contributed by atoms with E-state index in [0.29, 0.717) is 30.1 Å². The molecule has 0 aliphatic carbocycles. The van der Waals surface area contributed by atoms with E-state index in [9.17, 15) is 8.78 Å². The van der Waals surface area contributed by atoms with E-state index >= 15 is 0 Å². The lowest BCUT2D eigenvalue weighted by Gasteiger charge is -2.38. The molecule has 0 unspecified atom stereocenters. The molecule has 2 aliphatic heterocycles. The van der Waals surface area contributed by atoms with Crippen LogP contribution in [-0.2, 0) is 0 Å². The number of methoxy groups -OCH3 is 1. The molecule has 5 nitrogen and oxygen atoms in total. The monoisotopic (exact) mass is 436 g/mol. The third kappa shape index (κ3) is 3.43. The normalized spacial score (nSPS) is 19.0. The van der Waals surface area contributed by atoms with Crippen LogP contribution in [0.2, 0.25) is 0 Å². The van der Waals surface area contributed by atoms with E-state index in [-0.39, 0.29) is 6.04 Å². The van der Waals surface area contributed by atoms with Crippen LogP contribution in [0.3, 0.4) is 0 Å². The molecule has 0 aromatic heterocycles. The Kier molecular flexibility index (Phi) is 5.17. The van der Waals surface area contributed by atoms with Crippen LogP contribution in [-0.4, -0.2) is 24.4 Å². The van der Waals surface area contributed by atoms with E-state index in [0.717, 1.165) is 34.7 Å². The number of benzene rings is 3. The first kappa shape index (κ1) is 20.3. The van der Waals surface area contributed by atoms with Crippen molar-refractivity contribution in [3.8, 4) is 17.2 Å². The van der Waals surface area contributed by atoms with Crippen molar-refractivity contribution in [3.05, 3.63) is 89.0 Å². The Morgan fingerprint density at radius 1 is 1.06 bits per heavy atom. The highest BCUT2D eigenvalue weighted by Crippen LogP contribution is 2.50. The van der Waals surface area contributed by atoms with Gasteiger partial charge in [0.15, 0.2) is 23.1 Å². The summed E-state index contributed by atoms with van der Waals surface area (Å²) < 4.78 is 45.0. The Morgan fingerprint density at radius 3 is 2.59 bits per heavy atom. The van der Waals surface area contributed by atoms with Crippen LogP contribution < -0.4 is 14.2 Å². The summed E-state index contributed by atoms with van der Waals surface area (Å²) in [5.41, 5.74) is 3.27. The van der Waals surface area contributed by atoms with Crippen molar-refractivity contribution in [2.75, 3.05) is 13.7 Å². The van der Waals surface area contributed by atoms with E-state index in [2.05, 4.69) is 0 Å². The van der Waals surface area contributed by atoms with Crippen LogP contribution in [0.5, 0.6) is 17.2 Å². The highest BCUT2D eigenvalue weighted by atomic mass is 19.2. The predicted octanol–water partition coefficient (Wildman–Crippen LogP) is 5.61. The SMILES string of the molecule is CCOc1cccc2c1O[C@H](c1ccc(F)c(F)c1)N1N=C(c3ccc(OC)cc3)C[C@H]21. The molecular formula is C25H22F2N2O3. The molecule has 0 radical (unpaired) electrons. The lowest BCUT2D eigenvalue weighted by Crippen LogP contribution is -2.34. The first-order valence-electron chi connectivity index (χ1n) is 10.5. The van der Waals surface area contributed by atoms with Gasteiger partial charge < -0.3 is 14.2 Å². The quantitative estimate of drug-likeness (QED) is 0.521. The summed E-state index contributed by atoms with van der Waals surface area (Å²) >= 11 is 0. The van der Waals surface area contributed by atoms with Gasteiger partial charge in [0.25, 0.3) is 0 Å². The van der Waals surface area contributed by atoms with Gasteiger partial charge >= 0.3 is 0 Å². The maximum absolute atomic E-state index is 14.1. The number of ether oxygens (including phenoxy) is 3. The van der Waals surface area contributed by atoms with Gasteiger partial charge in [-0.15, -0.1) is 0 Å². The Labute approximate surface area is 184 Å². The summed E-state index contributed by atoms with van der Waals surface area (Å²) in [5.74, 6) is 0.164. The summed E-state index contributed by atoms with van der Waals surface area (Å²) in [7, 11) is 1.62. The zero-order chi connectivity index (χ0) is 22.2. The summed E-state index contributed by atoms with van der Waals surface area (Å²) in [5, 5.41) is 6.67. The fourth-order valence-electron chi connectivity index (χ4n) is 4.20. The summed E-state index contributed by atoms with van der Waals surface area (Å²) in [6.07, 6.45) is -0.0849. The standard InChI is InChI=1S/C25H22F2N2O3/c1-3-31-23-6-4-5-18-22-14-21(15-7-10-17(30-2)11-8-15)28-29(22)25(32-24(18)23)16-9-12-19(26)20(27)13-16/h4-13,22,25H,3,14H2,1-2H3/t22-,25-/m1/s1. The van der Waals surface area contributed by atoms with Crippen molar-refractivity contribution < 1.29 is 23.0 Å². The van der Waals surface area contributed by atoms with Gasteiger partial charge in [-0.05, 0) is 55.0 Å². The molecule has 3 aromatic carbocycles. The number of hydrazone groups is 1. The van der Waals surface area contributed by atoms with Crippen LogP contribution >= 0.6 is 0 Å². The Morgan fingerprint density at radius 2 is 1.88 bits per heavy atom. The summed E-state index contributed by atoms with van der Waals surface area (Å²) in [6.45, 7) is 2.39. The third-order valence-electron chi connectivity index (χ3n) is 5.73. The molecule has 2 heterocycles. The second-order valence-electron chi connectivity index (χ2n) is 7.63. The second kappa shape index (κ2) is 8.15. The van der Waals surface area contributed by atoms with E-state index in [1.165, 1.54) is 6.07 Å². The fraction of sp³-hybridized carbons (Fsp3) is 0.240. The van der Waals surface area contributed by atoms with E-state index in [4.69, 9.17) is 19.3 Å². The number of fused-ring (bicyclic) bond motifs is 3. The number of rotatable bonds is 5. The largest absolute Gasteiger partial charge is 0.497 e. The van der Waals surface area contributed by atoms with E-state index in [1.54, 1.807) is 7.11 Å². The minimum absolute atomic E-state index is 0.130. The minimum atomic E-state index is -0.926. The molecule has 5 rings (SSSR count). The first-order chi connectivity index (χ1) is 15.6. The van der Waals surface area contributed by atoms with Crippen LogP contribution in [0, 0.1) is 11.6 Å². The smallest absolute Gasteiger partial charge is 0.214 e. The number of nitrogens with zero attached hydrogens (tertiary/aromatic N) is 2. The van der Waals surface area contributed by atoms with Crippen molar-refractivity contribution in [2.24, 2.45) is 5.10 Å². The Balaban J connectivity index is 1.60. The molecule has 0 saturated carbocycles. The molecule has 164 valence electrons. The average molecular weight is 436 g/mol. The van der Waals surface area contributed by atoms with Gasteiger partial charge in [0.1, 0.15) is 5.75 Å². The van der Waals surface area contributed by atoms with E-state index < -0.39 is 17.9 Å². The van der Waals surface area contributed by atoms with Crippen LogP contribution in [0.15, 0.2) is 65.8 Å². The van der Waals surface area contributed by atoms with Gasteiger partial charge in [0.05, 0.1) is 25.5 Å². The van der Waals surface area contributed by atoms with Gasteiger partial charge in [-0.25, -0.2) is 13.8 Å².